The lowest BCUT2D eigenvalue weighted by molar-refractivity contribution is -0.129. The van der Waals surface area contributed by atoms with Gasteiger partial charge in [-0.05, 0) is 55.5 Å². The Balaban J connectivity index is 1.52. The number of ketones is 1. The van der Waals surface area contributed by atoms with Crippen LogP contribution >= 0.6 is 0 Å². The molecule has 0 bridgehead atoms. The smallest absolute Gasteiger partial charge is 0.245 e. The summed E-state index contributed by atoms with van der Waals surface area (Å²) >= 11 is 0. The molecule has 38 heavy (non-hydrogen) atoms. The number of hydrogen-bond donors (Lipinski definition) is 4. The van der Waals surface area contributed by atoms with Crippen LogP contribution in [0.1, 0.15) is 62.1 Å². The summed E-state index contributed by atoms with van der Waals surface area (Å²) in [5.74, 6) is 5.44. The number of nitrogens with two attached hydrogens (primary N) is 2. The Morgan fingerprint density at radius 3 is 2.18 bits per heavy atom. The van der Waals surface area contributed by atoms with Crippen LogP contribution in [-0.4, -0.2) is 42.2 Å². The molecule has 0 heterocycles. The summed E-state index contributed by atoms with van der Waals surface area (Å²) in [5, 5.41) is 5.35. The highest BCUT2D eigenvalue weighted by atomic mass is 16.2. The van der Waals surface area contributed by atoms with Gasteiger partial charge in [-0.25, -0.2) is 4.99 Å². The number of benzene rings is 2. The normalized spacial score (nSPS) is 14.8. The predicted molar refractivity (Wildman–Crippen MR) is 149 cm³/mol. The second-order valence-corrected chi connectivity index (χ2v) is 9.78. The zero-order chi connectivity index (χ0) is 27.3. The fraction of sp³-hybridized carbons (Fsp3) is 0.400. The van der Waals surface area contributed by atoms with E-state index in [9.17, 15) is 14.4 Å². The van der Waals surface area contributed by atoms with E-state index in [1.807, 2.05) is 54.6 Å². The molecule has 1 saturated carbocycles. The van der Waals surface area contributed by atoms with Crippen LogP contribution in [0.25, 0.3) is 0 Å². The van der Waals surface area contributed by atoms with Crippen molar-refractivity contribution in [1.29, 1.82) is 0 Å². The standard InChI is InChI=1S/C30H37N5O3/c1-21(36)26(18-25-16-14-23(15-17-25)13-12-22-8-4-2-5-9-22)34-28(37)20-33-29(38)27(35-30(31)32)19-24-10-6-3-7-11-24/h2,4-5,8-9,14-17,24,26-27H,3,6-7,10-11,18-20H2,1H3,(H,33,38)(H,34,37)(H4,31,32,35)/t26-,27+/m0/s1. The van der Waals surface area contributed by atoms with Gasteiger partial charge in [-0.15, -0.1) is 0 Å². The highest BCUT2D eigenvalue weighted by molar-refractivity contribution is 5.92. The molecule has 0 unspecified atom stereocenters. The van der Waals surface area contributed by atoms with Crippen LogP contribution in [-0.2, 0) is 20.8 Å². The molecule has 8 nitrogen and oxygen atoms in total. The minimum atomic E-state index is -0.733. The molecule has 0 radical (unpaired) electrons. The van der Waals surface area contributed by atoms with Crippen molar-refractivity contribution < 1.29 is 14.4 Å². The van der Waals surface area contributed by atoms with Gasteiger partial charge in [0.25, 0.3) is 0 Å². The van der Waals surface area contributed by atoms with E-state index in [1.165, 1.54) is 13.3 Å². The molecule has 8 heteroatoms. The molecule has 200 valence electrons. The first-order valence-corrected chi connectivity index (χ1v) is 13.1. The van der Waals surface area contributed by atoms with E-state index in [-0.39, 0.29) is 18.3 Å². The van der Waals surface area contributed by atoms with Crippen LogP contribution in [0.4, 0.5) is 0 Å². The lowest BCUT2D eigenvalue weighted by Crippen LogP contribution is -2.47. The Morgan fingerprint density at radius 2 is 1.58 bits per heavy atom. The Labute approximate surface area is 224 Å². The summed E-state index contributed by atoms with van der Waals surface area (Å²) in [7, 11) is 0. The Bertz CT molecular complexity index is 1170. The Morgan fingerprint density at radius 1 is 0.947 bits per heavy atom. The molecule has 0 saturated heterocycles. The molecule has 2 aromatic carbocycles. The number of carbonyl (C=O) groups excluding carboxylic acids is 3. The summed E-state index contributed by atoms with van der Waals surface area (Å²) in [6, 6.07) is 15.8. The second kappa shape index (κ2) is 14.6. The number of guanidine groups is 1. The van der Waals surface area contributed by atoms with Crippen molar-refractivity contribution >= 4 is 23.6 Å². The average molecular weight is 516 g/mol. The maximum atomic E-state index is 12.8. The molecular weight excluding hydrogens is 478 g/mol. The first kappa shape index (κ1) is 28.5. The fourth-order valence-corrected chi connectivity index (χ4v) is 4.59. The Hall–Kier alpha value is -4.12. The number of nitrogens with one attached hydrogen (secondary N) is 2. The van der Waals surface area contributed by atoms with Gasteiger partial charge in [0.1, 0.15) is 6.04 Å². The Kier molecular flexibility index (Phi) is 10.9. The van der Waals surface area contributed by atoms with Crippen LogP contribution in [0.2, 0.25) is 0 Å². The molecule has 0 aliphatic heterocycles. The number of rotatable bonds is 10. The zero-order valence-electron chi connectivity index (χ0n) is 21.9. The maximum absolute atomic E-state index is 12.8. The van der Waals surface area contributed by atoms with E-state index in [0.717, 1.165) is 42.4 Å². The summed E-state index contributed by atoms with van der Waals surface area (Å²) in [5.41, 5.74) is 13.8. The van der Waals surface area contributed by atoms with Crippen molar-refractivity contribution in [2.24, 2.45) is 22.4 Å². The molecule has 0 spiro atoms. The summed E-state index contributed by atoms with van der Waals surface area (Å²) in [6.07, 6.45) is 6.46. The maximum Gasteiger partial charge on any atom is 0.245 e. The molecule has 1 aliphatic rings. The highest BCUT2D eigenvalue weighted by Crippen LogP contribution is 2.28. The molecule has 2 amide bonds. The van der Waals surface area contributed by atoms with E-state index in [2.05, 4.69) is 27.5 Å². The molecule has 6 N–H and O–H groups in total. The van der Waals surface area contributed by atoms with E-state index >= 15 is 0 Å². The number of Topliss-reactive ketones (excluding diaryl/α,β-unsaturated/α-hetero) is 1. The molecule has 2 aromatic rings. The topological polar surface area (TPSA) is 140 Å². The van der Waals surface area contributed by atoms with Crippen molar-refractivity contribution in [3.8, 4) is 11.8 Å². The van der Waals surface area contributed by atoms with Crippen LogP contribution in [0.3, 0.4) is 0 Å². The van der Waals surface area contributed by atoms with Gasteiger partial charge in [-0.1, -0.05) is 74.3 Å². The number of amides is 2. The third-order valence-corrected chi connectivity index (χ3v) is 6.66. The van der Waals surface area contributed by atoms with Crippen LogP contribution in [0.15, 0.2) is 59.6 Å². The second-order valence-electron chi connectivity index (χ2n) is 9.78. The van der Waals surface area contributed by atoms with Gasteiger partial charge in [-0.2, -0.15) is 0 Å². The van der Waals surface area contributed by atoms with Crippen molar-refractivity contribution in [1.82, 2.24) is 10.6 Å². The van der Waals surface area contributed by atoms with Gasteiger partial charge in [0.15, 0.2) is 11.7 Å². The van der Waals surface area contributed by atoms with E-state index in [1.54, 1.807) is 0 Å². The minimum absolute atomic E-state index is 0.154. The zero-order valence-corrected chi connectivity index (χ0v) is 21.9. The van der Waals surface area contributed by atoms with Crippen molar-refractivity contribution in [3.05, 3.63) is 71.3 Å². The summed E-state index contributed by atoms with van der Waals surface area (Å²) in [4.78, 5) is 41.7. The molecule has 1 fully saturated rings. The molecule has 3 rings (SSSR count). The number of aliphatic imine (C=N–C) groups is 1. The number of carbonyl (C=O) groups is 3. The number of nitrogens with zero attached hydrogens (tertiary/aromatic N) is 1. The first-order valence-electron chi connectivity index (χ1n) is 13.1. The van der Waals surface area contributed by atoms with Crippen molar-refractivity contribution in [2.45, 2.75) is 64.0 Å². The molecule has 1 aliphatic carbocycles. The SMILES string of the molecule is CC(=O)[C@H](Cc1ccc(C#Cc2ccccc2)cc1)NC(=O)CNC(=O)[C@@H](CC1CCCCC1)N=C(N)N. The first-order chi connectivity index (χ1) is 18.3. The van der Waals surface area contributed by atoms with E-state index in [4.69, 9.17) is 11.5 Å². The third kappa shape index (κ3) is 9.74. The predicted octanol–water partition coefficient (Wildman–Crippen LogP) is 2.43. The van der Waals surface area contributed by atoms with Crippen molar-refractivity contribution in [2.75, 3.05) is 6.54 Å². The minimum Gasteiger partial charge on any atom is -0.370 e. The monoisotopic (exact) mass is 515 g/mol. The lowest BCUT2D eigenvalue weighted by atomic mass is 9.85. The molecule has 2 atom stereocenters. The molecule has 0 aromatic heterocycles. The average Bonchev–Trinajstić information content (AvgIpc) is 2.91. The summed E-state index contributed by atoms with van der Waals surface area (Å²) in [6.45, 7) is 1.17. The van der Waals surface area contributed by atoms with E-state index in [0.29, 0.717) is 18.8 Å². The van der Waals surface area contributed by atoms with Crippen LogP contribution in [0.5, 0.6) is 0 Å². The van der Waals surface area contributed by atoms with Gasteiger partial charge < -0.3 is 22.1 Å². The largest absolute Gasteiger partial charge is 0.370 e. The summed E-state index contributed by atoms with van der Waals surface area (Å²) < 4.78 is 0. The van der Waals surface area contributed by atoms with Gasteiger partial charge in [0.05, 0.1) is 12.6 Å². The van der Waals surface area contributed by atoms with Gasteiger partial charge >= 0.3 is 0 Å². The third-order valence-electron chi connectivity index (χ3n) is 6.66. The highest BCUT2D eigenvalue weighted by Gasteiger charge is 2.25. The molecular formula is C30H37N5O3. The van der Waals surface area contributed by atoms with Gasteiger partial charge in [-0.3, -0.25) is 14.4 Å². The quantitative estimate of drug-likeness (QED) is 0.219. The lowest BCUT2D eigenvalue weighted by Gasteiger charge is -2.24. The van der Waals surface area contributed by atoms with Crippen molar-refractivity contribution in [3.63, 3.8) is 0 Å². The van der Waals surface area contributed by atoms with E-state index < -0.39 is 23.9 Å². The van der Waals surface area contributed by atoms with Crippen LogP contribution < -0.4 is 22.1 Å². The van der Waals surface area contributed by atoms with Crippen LogP contribution in [0, 0.1) is 17.8 Å². The number of hydrogen-bond acceptors (Lipinski definition) is 4. The fourth-order valence-electron chi connectivity index (χ4n) is 4.59. The van der Waals surface area contributed by atoms with Gasteiger partial charge in [0.2, 0.25) is 11.8 Å². The van der Waals surface area contributed by atoms with Gasteiger partial charge in [0, 0.05) is 11.1 Å².